The molecule has 0 aliphatic rings. The second-order valence-electron chi connectivity index (χ2n) is 5.82. The number of rotatable bonds is 6. The third-order valence-corrected chi connectivity index (χ3v) is 3.77. The van der Waals surface area contributed by atoms with Crippen molar-refractivity contribution in [3.05, 3.63) is 53.9 Å². The highest BCUT2D eigenvalue weighted by molar-refractivity contribution is 5.94. The van der Waals surface area contributed by atoms with Crippen molar-refractivity contribution < 1.29 is 9.90 Å². The number of carbonyl (C=O) groups is 1. The van der Waals surface area contributed by atoms with Crippen LogP contribution in [0.5, 0.6) is 0 Å². The summed E-state index contributed by atoms with van der Waals surface area (Å²) in [6, 6.07) is 9.59. The van der Waals surface area contributed by atoms with Gasteiger partial charge in [0.15, 0.2) is 0 Å². The average Bonchev–Trinajstić information content (AvgIpc) is 2.93. The number of aromatic nitrogens is 2. The van der Waals surface area contributed by atoms with E-state index in [1.807, 2.05) is 44.2 Å². The van der Waals surface area contributed by atoms with Crippen LogP contribution in [-0.2, 0) is 13.6 Å². The van der Waals surface area contributed by atoms with Crippen molar-refractivity contribution in [1.82, 2.24) is 14.7 Å². The molecule has 2 aromatic rings. The summed E-state index contributed by atoms with van der Waals surface area (Å²) in [7, 11) is 1.78. The fourth-order valence-electron chi connectivity index (χ4n) is 2.49. The molecule has 2 rings (SSSR count). The molecule has 5 nitrogen and oxygen atoms in total. The fraction of sp³-hybridized carbons (Fsp3) is 0.412. The molecule has 0 fully saturated rings. The highest BCUT2D eigenvalue weighted by atomic mass is 16.3. The topological polar surface area (TPSA) is 58.4 Å². The molecule has 0 bridgehead atoms. The number of carbonyl (C=O) groups excluding carboxylic acids is 1. The largest absolute Gasteiger partial charge is 0.394 e. The van der Waals surface area contributed by atoms with Gasteiger partial charge in [0.1, 0.15) is 0 Å². The first kappa shape index (κ1) is 16.2. The molecule has 118 valence electrons. The maximum Gasteiger partial charge on any atom is 0.257 e. The van der Waals surface area contributed by atoms with Crippen molar-refractivity contribution in [3.63, 3.8) is 0 Å². The molecular weight excluding hydrogens is 278 g/mol. The summed E-state index contributed by atoms with van der Waals surface area (Å²) < 4.78 is 1.61. The van der Waals surface area contributed by atoms with Crippen LogP contribution in [0.1, 0.15) is 29.8 Å². The molecule has 1 aromatic carbocycles. The lowest BCUT2D eigenvalue weighted by Gasteiger charge is -2.33. The number of benzene rings is 1. The van der Waals surface area contributed by atoms with Crippen molar-refractivity contribution in [2.75, 3.05) is 6.61 Å². The normalized spacial score (nSPS) is 12.4. The van der Waals surface area contributed by atoms with E-state index in [1.165, 1.54) is 0 Å². The van der Waals surface area contributed by atoms with Gasteiger partial charge in [0, 0.05) is 19.8 Å². The highest BCUT2D eigenvalue weighted by Crippen LogP contribution is 2.18. The Labute approximate surface area is 131 Å². The zero-order chi connectivity index (χ0) is 16.1. The lowest BCUT2D eigenvalue weighted by molar-refractivity contribution is 0.0482. The van der Waals surface area contributed by atoms with E-state index in [4.69, 9.17) is 0 Å². The molecule has 5 heteroatoms. The molecule has 22 heavy (non-hydrogen) atoms. The van der Waals surface area contributed by atoms with E-state index in [0.717, 1.165) is 5.56 Å². The first-order valence-corrected chi connectivity index (χ1v) is 7.47. The van der Waals surface area contributed by atoms with E-state index >= 15 is 0 Å². The van der Waals surface area contributed by atoms with Gasteiger partial charge in [-0.1, -0.05) is 44.2 Å². The first-order chi connectivity index (χ1) is 10.5. The van der Waals surface area contributed by atoms with Gasteiger partial charge in [-0.3, -0.25) is 9.48 Å². The molecule has 0 spiro atoms. The molecule has 1 atom stereocenters. The van der Waals surface area contributed by atoms with Gasteiger partial charge in [-0.05, 0) is 11.5 Å². The summed E-state index contributed by atoms with van der Waals surface area (Å²) in [5, 5.41) is 13.8. The monoisotopic (exact) mass is 301 g/mol. The minimum atomic E-state index is -0.229. The standard InChI is InChI=1S/C17H23N3O2/c1-13(2)16(12-21)20(10-14-7-5-4-6-8-14)17(22)15-9-18-19(3)11-15/h4-9,11,13,16,21H,10,12H2,1-3H3/t16-/m0/s1. The van der Waals surface area contributed by atoms with Gasteiger partial charge in [-0.2, -0.15) is 5.10 Å². The van der Waals surface area contributed by atoms with E-state index in [2.05, 4.69) is 5.10 Å². The Morgan fingerprint density at radius 3 is 2.50 bits per heavy atom. The van der Waals surface area contributed by atoms with Crippen LogP contribution in [-0.4, -0.2) is 38.3 Å². The second kappa shape index (κ2) is 7.22. The SMILES string of the molecule is CC(C)[C@H](CO)N(Cc1ccccc1)C(=O)c1cnn(C)c1. The predicted molar refractivity (Wildman–Crippen MR) is 85.2 cm³/mol. The van der Waals surface area contributed by atoms with Crippen LogP contribution < -0.4 is 0 Å². The molecule has 1 heterocycles. The van der Waals surface area contributed by atoms with Crippen molar-refractivity contribution in [2.24, 2.45) is 13.0 Å². The molecule has 0 saturated heterocycles. The van der Waals surface area contributed by atoms with Crippen LogP contribution in [0.25, 0.3) is 0 Å². The molecule has 0 saturated carbocycles. The molecule has 0 aliphatic heterocycles. The van der Waals surface area contributed by atoms with Crippen LogP contribution in [0.3, 0.4) is 0 Å². The lowest BCUT2D eigenvalue weighted by Crippen LogP contribution is -2.45. The van der Waals surface area contributed by atoms with Crippen LogP contribution >= 0.6 is 0 Å². The number of amides is 1. The minimum Gasteiger partial charge on any atom is -0.394 e. The van der Waals surface area contributed by atoms with Gasteiger partial charge in [0.25, 0.3) is 5.91 Å². The van der Waals surface area contributed by atoms with Gasteiger partial charge in [-0.25, -0.2) is 0 Å². The molecular formula is C17H23N3O2. The Balaban J connectivity index is 2.30. The quantitative estimate of drug-likeness (QED) is 0.888. The van der Waals surface area contributed by atoms with Crippen molar-refractivity contribution >= 4 is 5.91 Å². The van der Waals surface area contributed by atoms with Crippen LogP contribution in [0, 0.1) is 5.92 Å². The first-order valence-electron chi connectivity index (χ1n) is 7.47. The number of hydrogen-bond donors (Lipinski definition) is 1. The molecule has 1 aromatic heterocycles. The van der Waals surface area contributed by atoms with Crippen LogP contribution in [0.15, 0.2) is 42.7 Å². The van der Waals surface area contributed by atoms with Crippen molar-refractivity contribution in [2.45, 2.75) is 26.4 Å². The van der Waals surface area contributed by atoms with Crippen LogP contribution in [0.2, 0.25) is 0 Å². The summed E-state index contributed by atoms with van der Waals surface area (Å²) >= 11 is 0. The summed E-state index contributed by atoms with van der Waals surface area (Å²) in [6.45, 7) is 4.43. The van der Waals surface area contributed by atoms with Gasteiger partial charge in [-0.15, -0.1) is 0 Å². The number of aliphatic hydroxyl groups excluding tert-OH is 1. The maximum atomic E-state index is 12.8. The predicted octanol–water partition coefficient (Wildman–Crippen LogP) is 2.08. The van der Waals surface area contributed by atoms with Gasteiger partial charge in [0.05, 0.1) is 24.4 Å². The van der Waals surface area contributed by atoms with E-state index < -0.39 is 0 Å². The summed E-state index contributed by atoms with van der Waals surface area (Å²) in [4.78, 5) is 14.6. The molecule has 0 radical (unpaired) electrons. The van der Waals surface area contributed by atoms with Crippen molar-refractivity contribution in [3.8, 4) is 0 Å². The third-order valence-electron chi connectivity index (χ3n) is 3.77. The van der Waals surface area contributed by atoms with Crippen LogP contribution in [0.4, 0.5) is 0 Å². The molecule has 0 aliphatic carbocycles. The Bertz CT molecular complexity index is 607. The minimum absolute atomic E-state index is 0.0590. The van der Waals surface area contributed by atoms with Gasteiger partial charge in [0.2, 0.25) is 0 Å². The molecule has 1 amide bonds. The molecule has 1 N–H and O–H groups in total. The zero-order valence-electron chi connectivity index (χ0n) is 13.3. The highest BCUT2D eigenvalue weighted by Gasteiger charge is 2.27. The second-order valence-corrected chi connectivity index (χ2v) is 5.82. The van der Waals surface area contributed by atoms with E-state index in [0.29, 0.717) is 12.1 Å². The Morgan fingerprint density at radius 1 is 1.32 bits per heavy atom. The Morgan fingerprint density at radius 2 is 2.00 bits per heavy atom. The Kier molecular flexibility index (Phi) is 5.33. The van der Waals surface area contributed by atoms with E-state index in [9.17, 15) is 9.90 Å². The lowest BCUT2D eigenvalue weighted by atomic mass is 10.0. The van der Waals surface area contributed by atoms with E-state index in [-0.39, 0.29) is 24.5 Å². The van der Waals surface area contributed by atoms with Gasteiger partial charge >= 0.3 is 0 Å². The van der Waals surface area contributed by atoms with Gasteiger partial charge < -0.3 is 10.0 Å². The van der Waals surface area contributed by atoms with E-state index in [1.54, 1.807) is 29.0 Å². The fourth-order valence-corrected chi connectivity index (χ4v) is 2.49. The number of aliphatic hydroxyl groups is 1. The smallest absolute Gasteiger partial charge is 0.257 e. The average molecular weight is 301 g/mol. The zero-order valence-corrected chi connectivity index (χ0v) is 13.3. The summed E-state index contributed by atoms with van der Waals surface area (Å²) in [5.74, 6) is 0.0547. The third kappa shape index (κ3) is 3.74. The van der Waals surface area contributed by atoms with Crippen molar-refractivity contribution in [1.29, 1.82) is 0 Å². The maximum absolute atomic E-state index is 12.8. The summed E-state index contributed by atoms with van der Waals surface area (Å²) in [5.41, 5.74) is 1.58. The molecule has 0 unspecified atom stereocenters. The number of hydrogen-bond acceptors (Lipinski definition) is 3. The number of nitrogens with zero attached hydrogens (tertiary/aromatic N) is 3. The Hall–Kier alpha value is -2.14. The summed E-state index contributed by atoms with van der Waals surface area (Å²) in [6.07, 6.45) is 3.27. The number of aryl methyl sites for hydroxylation is 1.